The molecule has 1 fully saturated rings. The van der Waals surface area contributed by atoms with E-state index in [4.69, 9.17) is 4.74 Å². The SMILES string of the molecule is COCCNC(C)C(C)CC1CCCC1. The fourth-order valence-corrected chi connectivity index (χ4v) is 2.57. The van der Waals surface area contributed by atoms with E-state index in [1.54, 1.807) is 7.11 Å². The van der Waals surface area contributed by atoms with E-state index in [-0.39, 0.29) is 0 Å². The molecule has 2 unspecified atom stereocenters. The van der Waals surface area contributed by atoms with Gasteiger partial charge in [0.15, 0.2) is 0 Å². The van der Waals surface area contributed by atoms with Crippen LogP contribution in [0.2, 0.25) is 0 Å². The van der Waals surface area contributed by atoms with E-state index in [9.17, 15) is 0 Å². The van der Waals surface area contributed by atoms with Crippen molar-refractivity contribution in [2.24, 2.45) is 11.8 Å². The van der Waals surface area contributed by atoms with Gasteiger partial charge in [0.05, 0.1) is 6.61 Å². The van der Waals surface area contributed by atoms with Gasteiger partial charge in [-0.05, 0) is 25.2 Å². The van der Waals surface area contributed by atoms with Gasteiger partial charge in [-0.1, -0.05) is 32.6 Å². The Morgan fingerprint density at radius 2 is 1.93 bits per heavy atom. The van der Waals surface area contributed by atoms with Crippen molar-refractivity contribution >= 4 is 0 Å². The van der Waals surface area contributed by atoms with Crippen LogP contribution in [0.3, 0.4) is 0 Å². The zero-order valence-electron chi connectivity index (χ0n) is 10.6. The van der Waals surface area contributed by atoms with Crippen LogP contribution >= 0.6 is 0 Å². The summed E-state index contributed by atoms with van der Waals surface area (Å²) in [5, 5.41) is 3.53. The van der Waals surface area contributed by atoms with Gasteiger partial charge in [0.2, 0.25) is 0 Å². The fourth-order valence-electron chi connectivity index (χ4n) is 2.57. The molecule has 0 spiro atoms. The molecule has 0 saturated heterocycles. The lowest BCUT2D eigenvalue weighted by Gasteiger charge is -2.23. The van der Waals surface area contributed by atoms with E-state index in [2.05, 4.69) is 19.2 Å². The highest BCUT2D eigenvalue weighted by atomic mass is 16.5. The normalized spacial score (nSPS) is 21.8. The minimum absolute atomic E-state index is 0.626. The Labute approximate surface area is 94.8 Å². The zero-order valence-corrected chi connectivity index (χ0v) is 10.6. The molecule has 1 saturated carbocycles. The van der Waals surface area contributed by atoms with Crippen molar-refractivity contribution in [2.75, 3.05) is 20.3 Å². The average molecular weight is 213 g/mol. The third kappa shape index (κ3) is 4.98. The van der Waals surface area contributed by atoms with Gasteiger partial charge < -0.3 is 10.1 Å². The molecular weight excluding hydrogens is 186 g/mol. The molecular formula is C13H27NO. The number of hydrogen-bond acceptors (Lipinski definition) is 2. The molecule has 15 heavy (non-hydrogen) atoms. The van der Waals surface area contributed by atoms with Crippen molar-refractivity contribution in [1.82, 2.24) is 5.32 Å². The third-order valence-corrected chi connectivity index (χ3v) is 3.81. The lowest BCUT2D eigenvalue weighted by molar-refractivity contribution is 0.190. The standard InChI is InChI=1S/C13H27NO/c1-11(10-13-6-4-5-7-13)12(2)14-8-9-15-3/h11-14H,4-10H2,1-3H3. The number of hydrogen-bond donors (Lipinski definition) is 1. The molecule has 0 heterocycles. The average Bonchev–Trinajstić information content (AvgIpc) is 2.70. The van der Waals surface area contributed by atoms with Crippen molar-refractivity contribution in [3.05, 3.63) is 0 Å². The van der Waals surface area contributed by atoms with Gasteiger partial charge in [-0.15, -0.1) is 0 Å². The van der Waals surface area contributed by atoms with Crippen molar-refractivity contribution in [2.45, 2.75) is 52.0 Å². The Bertz CT molecular complexity index is 155. The molecule has 90 valence electrons. The van der Waals surface area contributed by atoms with Crippen LogP contribution in [0.1, 0.15) is 46.0 Å². The molecule has 0 bridgehead atoms. The van der Waals surface area contributed by atoms with E-state index >= 15 is 0 Å². The van der Waals surface area contributed by atoms with Crippen LogP contribution < -0.4 is 5.32 Å². The summed E-state index contributed by atoms with van der Waals surface area (Å²) in [5.41, 5.74) is 0. The summed E-state index contributed by atoms with van der Waals surface area (Å²) in [7, 11) is 1.76. The van der Waals surface area contributed by atoms with Crippen molar-refractivity contribution in [1.29, 1.82) is 0 Å². The van der Waals surface area contributed by atoms with Gasteiger partial charge >= 0.3 is 0 Å². The van der Waals surface area contributed by atoms with E-state index in [0.717, 1.165) is 25.0 Å². The topological polar surface area (TPSA) is 21.3 Å². The highest BCUT2D eigenvalue weighted by Crippen LogP contribution is 2.31. The van der Waals surface area contributed by atoms with Crippen molar-refractivity contribution in [3.8, 4) is 0 Å². The Morgan fingerprint density at radius 1 is 1.27 bits per heavy atom. The molecule has 0 aromatic heterocycles. The Morgan fingerprint density at radius 3 is 2.53 bits per heavy atom. The molecule has 2 heteroatoms. The number of rotatable bonds is 7. The predicted octanol–water partition coefficient (Wildman–Crippen LogP) is 2.83. The monoisotopic (exact) mass is 213 g/mol. The summed E-state index contributed by atoms with van der Waals surface area (Å²) in [4.78, 5) is 0. The molecule has 1 rings (SSSR count). The van der Waals surface area contributed by atoms with E-state index in [1.807, 2.05) is 0 Å². The first-order valence-corrected chi connectivity index (χ1v) is 6.46. The number of ether oxygens (including phenoxy) is 1. The molecule has 2 nitrogen and oxygen atoms in total. The lowest BCUT2D eigenvalue weighted by Crippen LogP contribution is -2.35. The fraction of sp³-hybridized carbons (Fsp3) is 1.00. The van der Waals surface area contributed by atoms with Crippen LogP contribution in [0, 0.1) is 11.8 Å². The number of nitrogens with one attached hydrogen (secondary N) is 1. The van der Waals surface area contributed by atoms with E-state index < -0.39 is 0 Å². The second-order valence-electron chi connectivity index (χ2n) is 5.10. The van der Waals surface area contributed by atoms with Crippen LogP contribution in [-0.4, -0.2) is 26.3 Å². The summed E-state index contributed by atoms with van der Waals surface area (Å²) in [6.45, 7) is 6.48. The van der Waals surface area contributed by atoms with E-state index in [0.29, 0.717) is 6.04 Å². The molecule has 0 radical (unpaired) electrons. The largest absolute Gasteiger partial charge is 0.383 e. The van der Waals surface area contributed by atoms with Crippen LogP contribution in [-0.2, 0) is 4.74 Å². The van der Waals surface area contributed by atoms with Crippen LogP contribution in [0.5, 0.6) is 0 Å². The molecule has 1 N–H and O–H groups in total. The highest BCUT2D eigenvalue weighted by molar-refractivity contribution is 4.75. The minimum atomic E-state index is 0.626. The summed E-state index contributed by atoms with van der Waals surface area (Å²) in [5.74, 6) is 1.80. The van der Waals surface area contributed by atoms with Gasteiger partial charge in [0.1, 0.15) is 0 Å². The lowest BCUT2D eigenvalue weighted by atomic mass is 9.90. The maximum absolute atomic E-state index is 5.04. The summed E-state index contributed by atoms with van der Waals surface area (Å²) in [6.07, 6.45) is 7.26. The zero-order chi connectivity index (χ0) is 11.1. The predicted molar refractivity (Wildman–Crippen MR) is 65.1 cm³/mol. The molecule has 1 aliphatic carbocycles. The van der Waals surface area contributed by atoms with Crippen LogP contribution in [0.25, 0.3) is 0 Å². The Hall–Kier alpha value is -0.0800. The van der Waals surface area contributed by atoms with Gasteiger partial charge in [0, 0.05) is 19.7 Å². The van der Waals surface area contributed by atoms with Crippen molar-refractivity contribution < 1.29 is 4.74 Å². The molecule has 1 aliphatic rings. The van der Waals surface area contributed by atoms with Crippen LogP contribution in [0.4, 0.5) is 0 Å². The van der Waals surface area contributed by atoms with Gasteiger partial charge in [-0.25, -0.2) is 0 Å². The van der Waals surface area contributed by atoms with Crippen molar-refractivity contribution in [3.63, 3.8) is 0 Å². The quantitative estimate of drug-likeness (QED) is 0.657. The number of methoxy groups -OCH3 is 1. The summed E-state index contributed by atoms with van der Waals surface area (Å²) >= 11 is 0. The molecule has 0 aromatic rings. The maximum Gasteiger partial charge on any atom is 0.0587 e. The Balaban J connectivity index is 2.11. The molecule has 0 aliphatic heterocycles. The van der Waals surface area contributed by atoms with Gasteiger partial charge in [-0.3, -0.25) is 0 Å². The first-order chi connectivity index (χ1) is 7.24. The Kier molecular flexibility index (Phi) is 6.26. The third-order valence-electron chi connectivity index (χ3n) is 3.81. The molecule has 0 aromatic carbocycles. The summed E-state index contributed by atoms with van der Waals surface area (Å²) < 4.78 is 5.04. The maximum atomic E-state index is 5.04. The smallest absolute Gasteiger partial charge is 0.0587 e. The minimum Gasteiger partial charge on any atom is -0.383 e. The second-order valence-corrected chi connectivity index (χ2v) is 5.10. The second kappa shape index (κ2) is 7.24. The van der Waals surface area contributed by atoms with Crippen LogP contribution in [0.15, 0.2) is 0 Å². The van der Waals surface area contributed by atoms with E-state index in [1.165, 1.54) is 32.1 Å². The summed E-state index contributed by atoms with van der Waals surface area (Å²) in [6, 6.07) is 0.626. The highest BCUT2D eigenvalue weighted by Gasteiger charge is 2.20. The first kappa shape index (κ1) is 13.0. The van der Waals surface area contributed by atoms with Gasteiger partial charge in [-0.2, -0.15) is 0 Å². The molecule has 0 amide bonds. The first-order valence-electron chi connectivity index (χ1n) is 6.46. The molecule has 2 atom stereocenters. The van der Waals surface area contributed by atoms with Gasteiger partial charge in [0.25, 0.3) is 0 Å².